The van der Waals surface area contributed by atoms with Gasteiger partial charge in [-0.3, -0.25) is 19.2 Å². The summed E-state index contributed by atoms with van der Waals surface area (Å²) in [5.74, 6) is -7.74. The smallest absolute Gasteiger partial charge is 0.329 e. The van der Waals surface area contributed by atoms with Gasteiger partial charge in [0.25, 0.3) is 11.7 Å². The van der Waals surface area contributed by atoms with Gasteiger partial charge in [-0.05, 0) is 121 Å². The van der Waals surface area contributed by atoms with Crippen molar-refractivity contribution in [3.63, 3.8) is 0 Å². The van der Waals surface area contributed by atoms with Crippen molar-refractivity contribution < 1.29 is 62.6 Å². The monoisotopic (exact) mass is 956 g/mol. The summed E-state index contributed by atoms with van der Waals surface area (Å²) in [5, 5.41) is 23.5. The zero-order valence-electron chi connectivity index (χ0n) is 43.1. The molecule has 1 aliphatic carbocycles. The van der Waals surface area contributed by atoms with Gasteiger partial charge in [0.1, 0.15) is 30.1 Å². The summed E-state index contributed by atoms with van der Waals surface area (Å²) >= 11 is 0. The number of nitrogens with zero attached hydrogens (tertiary/aromatic N) is 1. The van der Waals surface area contributed by atoms with Gasteiger partial charge in [-0.1, -0.05) is 71.1 Å². The number of ether oxygens (including phenoxy) is 6. The van der Waals surface area contributed by atoms with E-state index in [0.29, 0.717) is 50.5 Å². The van der Waals surface area contributed by atoms with E-state index in [9.17, 15) is 34.2 Å². The van der Waals surface area contributed by atoms with E-state index in [1.807, 2.05) is 71.9 Å². The van der Waals surface area contributed by atoms with E-state index >= 15 is 0 Å². The fourth-order valence-corrected chi connectivity index (χ4v) is 10.6. The molecular formula is C54H85NO13. The van der Waals surface area contributed by atoms with Crippen LogP contribution in [0.3, 0.4) is 0 Å². The average Bonchev–Trinajstić information content (AvgIpc) is 3.30. The summed E-state index contributed by atoms with van der Waals surface area (Å²) in [6.45, 7) is 16.9. The highest BCUT2D eigenvalue weighted by Crippen LogP contribution is 2.38. The third-order valence-corrected chi connectivity index (χ3v) is 14.9. The van der Waals surface area contributed by atoms with Crippen LogP contribution in [0.4, 0.5) is 0 Å². The number of rotatable bonds is 8. The Morgan fingerprint density at radius 2 is 1.54 bits per heavy atom. The van der Waals surface area contributed by atoms with Crippen molar-refractivity contribution in [1.82, 2.24) is 4.90 Å². The maximum absolute atomic E-state index is 14.5. The Balaban J connectivity index is 1.70. The van der Waals surface area contributed by atoms with Gasteiger partial charge in [0.05, 0.1) is 30.5 Å². The molecule has 3 aliphatic heterocycles. The topological polar surface area (TPSA) is 184 Å². The predicted molar refractivity (Wildman–Crippen MR) is 259 cm³/mol. The molecule has 0 unspecified atom stereocenters. The summed E-state index contributed by atoms with van der Waals surface area (Å²) in [5.41, 5.74) is 1.29. The number of esters is 1. The van der Waals surface area contributed by atoms with Crippen molar-refractivity contribution in [3.05, 3.63) is 47.6 Å². The molecule has 1 amide bonds. The van der Waals surface area contributed by atoms with Gasteiger partial charge in [-0.15, -0.1) is 0 Å². The first kappa shape index (κ1) is 57.2. The van der Waals surface area contributed by atoms with E-state index < -0.39 is 77.8 Å². The lowest BCUT2D eigenvalue weighted by molar-refractivity contribution is -0.265. The summed E-state index contributed by atoms with van der Waals surface area (Å²) in [6, 6.07) is -1.13. The molecular weight excluding hydrogens is 871 g/mol. The zero-order chi connectivity index (χ0) is 50.5. The van der Waals surface area contributed by atoms with Crippen LogP contribution < -0.4 is 0 Å². The minimum absolute atomic E-state index is 0.0232. The number of hydrogen-bond donors (Lipinski definition) is 2. The van der Waals surface area contributed by atoms with Crippen LogP contribution in [-0.4, -0.2) is 133 Å². The predicted octanol–water partition coefficient (Wildman–Crippen LogP) is 7.61. The highest BCUT2D eigenvalue weighted by atomic mass is 16.6. The number of Topliss-reactive ketones (excluding diaryl/α,β-unsaturated/α-hetero) is 3. The number of aliphatic hydroxyl groups is 2. The molecule has 14 heteroatoms. The molecule has 1 saturated carbocycles. The largest absolute Gasteiger partial charge is 0.460 e. The number of hydrogen-bond acceptors (Lipinski definition) is 13. The summed E-state index contributed by atoms with van der Waals surface area (Å²) < 4.78 is 36.0. The lowest BCUT2D eigenvalue weighted by atomic mass is 9.78. The van der Waals surface area contributed by atoms with E-state index in [2.05, 4.69) is 0 Å². The third-order valence-electron chi connectivity index (χ3n) is 14.9. The van der Waals surface area contributed by atoms with Crippen LogP contribution in [0.15, 0.2) is 47.6 Å². The number of cyclic esters (lactones) is 1. The van der Waals surface area contributed by atoms with Crippen molar-refractivity contribution in [2.75, 3.05) is 27.9 Å². The van der Waals surface area contributed by atoms with Crippen LogP contribution in [0.25, 0.3) is 0 Å². The number of fused-ring (bicyclic) bond motifs is 3. The number of methoxy groups -OCH3 is 3. The molecule has 68 heavy (non-hydrogen) atoms. The molecule has 0 radical (unpaired) electrons. The lowest BCUT2D eigenvalue weighted by Crippen LogP contribution is -2.61. The Kier molecular flexibility index (Phi) is 22.5. The number of allylic oxidation sites excluding steroid dienone is 6. The van der Waals surface area contributed by atoms with Crippen LogP contribution in [0, 0.1) is 35.5 Å². The normalized spacial score (nSPS) is 38.0. The average molecular weight is 956 g/mol. The first-order valence-corrected chi connectivity index (χ1v) is 25.3. The van der Waals surface area contributed by atoms with Crippen molar-refractivity contribution >= 4 is 29.2 Å². The minimum Gasteiger partial charge on any atom is -0.460 e. The van der Waals surface area contributed by atoms with Gasteiger partial charge in [-0.25, -0.2) is 4.79 Å². The molecule has 0 aromatic heterocycles. The van der Waals surface area contributed by atoms with Gasteiger partial charge in [0.15, 0.2) is 5.78 Å². The molecule has 384 valence electrons. The lowest BCUT2D eigenvalue weighted by Gasteiger charge is -2.42. The van der Waals surface area contributed by atoms with Crippen LogP contribution in [0.1, 0.15) is 139 Å². The number of piperidine rings is 1. The second-order valence-electron chi connectivity index (χ2n) is 20.7. The van der Waals surface area contributed by atoms with Crippen molar-refractivity contribution in [2.45, 2.75) is 200 Å². The molecule has 0 spiro atoms. The Morgan fingerprint density at radius 1 is 0.824 bits per heavy atom. The van der Waals surface area contributed by atoms with Crippen molar-refractivity contribution in [2.24, 2.45) is 35.5 Å². The molecule has 4 rings (SSSR count). The molecule has 2 N–H and O–H groups in total. The summed E-state index contributed by atoms with van der Waals surface area (Å²) in [6.07, 6.45) is 12.8. The Hall–Kier alpha value is -3.37. The van der Waals surface area contributed by atoms with Gasteiger partial charge >= 0.3 is 5.97 Å². The van der Waals surface area contributed by atoms with Crippen LogP contribution in [0.5, 0.6) is 0 Å². The van der Waals surface area contributed by atoms with E-state index in [-0.39, 0.29) is 67.0 Å². The highest BCUT2D eigenvalue weighted by molar-refractivity contribution is 6.39. The van der Waals surface area contributed by atoms with E-state index in [1.165, 1.54) is 12.0 Å². The minimum atomic E-state index is -2.42. The number of ketones is 3. The van der Waals surface area contributed by atoms with Crippen LogP contribution in [-0.2, 0) is 52.4 Å². The fraction of sp³-hybridized carbons (Fsp3) is 0.759. The Bertz CT molecular complexity index is 1820. The Labute approximate surface area is 406 Å². The van der Waals surface area contributed by atoms with E-state index in [0.717, 1.165) is 24.8 Å². The standard InChI is InChI=1S/C54H85NO13/c1-32(2)66-44-24-22-40(29-47(44)64-11)28-36(6)46-31-43(56)35(5)27-38(8)49(58)50(65-12)48(57)37(7)26-33(3)18-14-13-15-19-34(4)45(63-10)30-41-23-21-39(9)54(62,68-41)51(59)52(60)55-25-17-16-20-42(55)53(61)67-46/h13-15,18-19,27,32-33,35-37,39-42,44-47,49-50,58,62H,16-17,20-26,28-31H2,1-12H3/b15-13?,18-14+,34-19?,38-27+/t33-,35-,36-,37-,39-,40+,41+,42+,44-,45+,46+,47-,49-,50+,54-/m1/s1. The SMILES string of the molecule is CO[C@H]1C[C@@H]2CC[C@@H](C)[C@@](O)(O2)C(=O)C(=O)N2CCCC[C@H]2C(=O)O[C@H]([C@H](C)C[C@@H]2CC[C@@H](OC(C)C)[C@H](OC)C2)CC(=O)[C@H](C)/C=C(\C)[C@@H](O)[C@@H](OC)C(=O)[C@H](C)C[C@H](C)/C=C/C=CC=C1C. The number of amides is 1. The van der Waals surface area contributed by atoms with E-state index in [4.69, 9.17) is 28.4 Å². The van der Waals surface area contributed by atoms with Gasteiger partial charge in [0.2, 0.25) is 5.79 Å². The maximum atomic E-state index is 14.5. The van der Waals surface area contributed by atoms with Gasteiger partial charge in [-0.2, -0.15) is 0 Å². The third kappa shape index (κ3) is 15.3. The van der Waals surface area contributed by atoms with Crippen molar-refractivity contribution in [1.29, 1.82) is 0 Å². The van der Waals surface area contributed by atoms with Gasteiger partial charge in [0, 0.05) is 58.5 Å². The van der Waals surface area contributed by atoms with Crippen LogP contribution >= 0.6 is 0 Å². The zero-order valence-corrected chi connectivity index (χ0v) is 43.1. The molecule has 0 aromatic rings. The highest BCUT2D eigenvalue weighted by Gasteiger charge is 2.53. The summed E-state index contributed by atoms with van der Waals surface area (Å²) in [4.78, 5) is 72.2. The molecule has 2 bridgehead atoms. The summed E-state index contributed by atoms with van der Waals surface area (Å²) in [7, 11) is 4.66. The molecule has 15 atom stereocenters. The second kappa shape index (κ2) is 26.7. The van der Waals surface area contributed by atoms with Gasteiger partial charge < -0.3 is 43.5 Å². The Morgan fingerprint density at radius 3 is 2.21 bits per heavy atom. The maximum Gasteiger partial charge on any atom is 0.329 e. The number of aliphatic hydroxyl groups excluding tert-OH is 1. The quantitative estimate of drug-likeness (QED) is 0.138. The fourth-order valence-electron chi connectivity index (χ4n) is 10.6. The van der Waals surface area contributed by atoms with Crippen molar-refractivity contribution in [3.8, 4) is 0 Å². The molecule has 14 nitrogen and oxygen atoms in total. The van der Waals surface area contributed by atoms with E-state index in [1.54, 1.807) is 41.1 Å². The first-order chi connectivity index (χ1) is 32.1. The molecule has 3 fully saturated rings. The molecule has 3 heterocycles. The molecule has 0 aromatic carbocycles. The first-order valence-electron chi connectivity index (χ1n) is 25.3. The molecule has 4 aliphatic rings. The van der Waals surface area contributed by atoms with Crippen LogP contribution in [0.2, 0.25) is 0 Å². The number of carbonyl (C=O) groups excluding carboxylic acids is 5. The second-order valence-corrected chi connectivity index (χ2v) is 20.7. The number of carbonyl (C=O) groups is 5. The molecule has 2 saturated heterocycles.